The first-order chi connectivity index (χ1) is 19.3. The number of hydrogen-bond acceptors (Lipinski definition) is 7. The van der Waals surface area contributed by atoms with Crippen molar-refractivity contribution in [1.82, 2.24) is 19.8 Å². The van der Waals surface area contributed by atoms with Gasteiger partial charge in [-0.3, -0.25) is 24.3 Å². The average Bonchev–Trinajstić information content (AvgIpc) is 3.04. The number of Topliss-reactive ketones (excluding diaryl/α,β-unsaturated/α-hetero) is 1. The quantitative estimate of drug-likeness (QED) is 0.410. The fraction of sp³-hybridized carbons (Fsp3) is 0.367. The maximum Gasteiger partial charge on any atom is 0.279 e. The molecule has 2 aliphatic heterocycles. The molecule has 2 aliphatic rings. The van der Waals surface area contributed by atoms with Crippen LogP contribution in [0.3, 0.4) is 0 Å². The van der Waals surface area contributed by atoms with Crippen LogP contribution in [0, 0.1) is 0 Å². The van der Waals surface area contributed by atoms with Crippen LogP contribution >= 0.6 is 23.2 Å². The SMILES string of the molecule is CN1CCCN(CC(O)C(=O)CON2C(=O)c3ccccc3[C@@]2(Cc2ccc(Cl)cn2)c2ccc(Cl)cc2)CC1. The third-order valence-corrected chi connectivity index (χ3v) is 8.11. The number of likely N-dealkylation sites (N-methyl/N-ethyl adjacent to an activating group) is 1. The number of carbonyl (C=O) groups excluding carboxylic acids is 2. The summed E-state index contributed by atoms with van der Waals surface area (Å²) in [4.78, 5) is 41.8. The molecule has 40 heavy (non-hydrogen) atoms. The van der Waals surface area contributed by atoms with E-state index in [2.05, 4.69) is 21.8 Å². The van der Waals surface area contributed by atoms with Crippen LogP contribution in [0.2, 0.25) is 10.0 Å². The van der Waals surface area contributed by atoms with Crippen molar-refractivity contribution in [3.8, 4) is 0 Å². The minimum Gasteiger partial charge on any atom is -0.384 e. The predicted molar refractivity (Wildman–Crippen MR) is 153 cm³/mol. The Labute approximate surface area is 244 Å². The number of pyridine rings is 1. The van der Waals surface area contributed by atoms with Crippen LogP contribution in [0.15, 0.2) is 66.9 Å². The smallest absolute Gasteiger partial charge is 0.279 e. The zero-order valence-corrected chi connectivity index (χ0v) is 23.8. The topological polar surface area (TPSA) is 86.2 Å². The van der Waals surface area contributed by atoms with Crippen molar-refractivity contribution in [2.75, 3.05) is 46.4 Å². The number of halogens is 2. The number of ketones is 1. The van der Waals surface area contributed by atoms with E-state index < -0.39 is 24.0 Å². The number of benzene rings is 2. The van der Waals surface area contributed by atoms with E-state index in [1.807, 2.05) is 24.3 Å². The Kier molecular flexibility index (Phi) is 8.85. The molecule has 0 radical (unpaired) electrons. The number of rotatable bonds is 9. The van der Waals surface area contributed by atoms with Gasteiger partial charge in [-0.05, 0) is 68.0 Å². The van der Waals surface area contributed by atoms with Crippen LogP contribution < -0.4 is 0 Å². The highest BCUT2D eigenvalue weighted by molar-refractivity contribution is 6.30. The molecule has 10 heteroatoms. The van der Waals surface area contributed by atoms with E-state index in [1.165, 1.54) is 5.06 Å². The Hall–Kier alpha value is -2.85. The second-order valence-corrected chi connectivity index (χ2v) is 11.2. The lowest BCUT2D eigenvalue weighted by atomic mass is 9.79. The maximum absolute atomic E-state index is 13.8. The van der Waals surface area contributed by atoms with Gasteiger partial charge in [0.2, 0.25) is 0 Å². The van der Waals surface area contributed by atoms with Crippen LogP contribution in [0.25, 0.3) is 0 Å². The van der Waals surface area contributed by atoms with E-state index in [9.17, 15) is 14.7 Å². The van der Waals surface area contributed by atoms with Crippen molar-refractivity contribution in [2.45, 2.75) is 24.5 Å². The minimum atomic E-state index is -1.23. The third kappa shape index (κ3) is 5.93. The second kappa shape index (κ2) is 12.3. The van der Waals surface area contributed by atoms with Crippen LogP contribution in [-0.2, 0) is 21.6 Å². The molecule has 0 saturated carbocycles. The van der Waals surface area contributed by atoms with E-state index >= 15 is 0 Å². The molecular weight excluding hydrogens is 551 g/mol. The molecular formula is C30H32Cl2N4O4. The first-order valence-corrected chi connectivity index (χ1v) is 14.1. The van der Waals surface area contributed by atoms with E-state index in [1.54, 1.807) is 42.6 Å². The number of fused-ring (bicyclic) bond motifs is 1. The van der Waals surface area contributed by atoms with Gasteiger partial charge >= 0.3 is 0 Å². The van der Waals surface area contributed by atoms with Crippen LogP contribution in [0.4, 0.5) is 0 Å². The van der Waals surface area contributed by atoms with Crippen molar-refractivity contribution >= 4 is 34.9 Å². The average molecular weight is 584 g/mol. The molecule has 3 aromatic rings. The molecule has 1 aromatic heterocycles. The first kappa shape index (κ1) is 28.7. The van der Waals surface area contributed by atoms with Gasteiger partial charge in [-0.2, -0.15) is 0 Å². The third-order valence-electron chi connectivity index (χ3n) is 7.63. The summed E-state index contributed by atoms with van der Waals surface area (Å²) in [6.07, 6.45) is 1.55. The molecule has 5 rings (SSSR count). The van der Waals surface area contributed by atoms with E-state index in [0.29, 0.717) is 21.3 Å². The molecule has 2 aromatic carbocycles. The zero-order chi connectivity index (χ0) is 28.3. The Bertz CT molecular complexity index is 1350. The Morgan fingerprint density at radius 3 is 2.52 bits per heavy atom. The van der Waals surface area contributed by atoms with Crippen LogP contribution in [0.1, 0.15) is 33.6 Å². The van der Waals surface area contributed by atoms with Gasteiger partial charge in [-0.1, -0.05) is 53.5 Å². The normalized spacial score (nSPS) is 20.8. The number of aromatic nitrogens is 1. The highest BCUT2D eigenvalue weighted by atomic mass is 35.5. The summed E-state index contributed by atoms with van der Waals surface area (Å²) in [7, 11) is 2.07. The lowest BCUT2D eigenvalue weighted by Gasteiger charge is -2.38. The number of aliphatic hydroxyl groups is 1. The maximum atomic E-state index is 13.8. The lowest BCUT2D eigenvalue weighted by Crippen LogP contribution is -2.48. The number of hydroxylamine groups is 2. The molecule has 3 heterocycles. The number of amides is 1. The second-order valence-electron chi connectivity index (χ2n) is 10.4. The van der Waals surface area contributed by atoms with Crippen LogP contribution in [0.5, 0.6) is 0 Å². The Balaban J connectivity index is 1.45. The molecule has 1 N–H and O–H groups in total. The van der Waals surface area contributed by atoms with Crippen molar-refractivity contribution in [3.63, 3.8) is 0 Å². The molecule has 1 amide bonds. The van der Waals surface area contributed by atoms with Gasteiger partial charge in [0, 0.05) is 48.5 Å². The number of β-amino-alcohol motifs (C(OH)–C–C–N with tert-alkyl or cyclic N) is 1. The lowest BCUT2D eigenvalue weighted by molar-refractivity contribution is -0.180. The van der Waals surface area contributed by atoms with Crippen molar-refractivity contribution in [3.05, 3.63) is 99.3 Å². The zero-order valence-electron chi connectivity index (χ0n) is 22.3. The summed E-state index contributed by atoms with van der Waals surface area (Å²) >= 11 is 12.3. The summed E-state index contributed by atoms with van der Waals surface area (Å²) in [6, 6.07) is 18.0. The van der Waals surface area contributed by atoms with Gasteiger partial charge in [0.05, 0.1) is 5.02 Å². The van der Waals surface area contributed by atoms with E-state index in [0.717, 1.165) is 43.7 Å². The summed E-state index contributed by atoms with van der Waals surface area (Å²) in [5, 5.41) is 13.1. The van der Waals surface area contributed by atoms with Gasteiger partial charge in [-0.25, -0.2) is 5.06 Å². The van der Waals surface area contributed by atoms with Gasteiger partial charge in [0.25, 0.3) is 5.91 Å². The Morgan fingerprint density at radius 1 is 1.02 bits per heavy atom. The summed E-state index contributed by atoms with van der Waals surface area (Å²) < 4.78 is 0. The molecule has 1 unspecified atom stereocenters. The number of carbonyl (C=O) groups is 2. The minimum absolute atomic E-state index is 0.223. The van der Waals surface area contributed by atoms with E-state index in [-0.39, 0.29) is 18.9 Å². The first-order valence-electron chi connectivity index (χ1n) is 13.3. The molecule has 0 spiro atoms. The Morgan fingerprint density at radius 2 is 1.77 bits per heavy atom. The molecule has 1 saturated heterocycles. The van der Waals surface area contributed by atoms with Gasteiger partial charge < -0.3 is 10.0 Å². The van der Waals surface area contributed by atoms with E-state index in [4.69, 9.17) is 28.0 Å². The largest absolute Gasteiger partial charge is 0.384 e. The summed E-state index contributed by atoms with van der Waals surface area (Å²) in [5.74, 6) is -0.867. The standard InChI is InChI=1S/C30H32Cl2N4O4/c1-34-13-4-14-35(16-15-34)19-27(37)28(38)20-40-36-29(39)25-5-2-3-6-26(25)30(36,21-7-9-22(31)10-8-21)17-24-12-11-23(32)18-33-24/h2-3,5-12,18,27,37H,4,13-17,19-20H2,1H3/t27?,30-/m1/s1. The number of aliphatic hydroxyl groups excluding tert-OH is 1. The molecule has 1 fully saturated rings. The molecule has 0 aliphatic carbocycles. The van der Waals surface area contributed by atoms with Crippen molar-refractivity contribution < 1.29 is 19.5 Å². The highest BCUT2D eigenvalue weighted by Gasteiger charge is 2.52. The summed E-state index contributed by atoms with van der Waals surface area (Å²) in [5.41, 5.74) is 1.47. The fourth-order valence-corrected chi connectivity index (χ4v) is 5.72. The van der Waals surface area contributed by atoms with Crippen LogP contribution in [-0.4, -0.2) is 89.1 Å². The summed E-state index contributed by atoms with van der Waals surface area (Å²) in [6.45, 7) is 3.20. The molecule has 0 bridgehead atoms. The highest BCUT2D eigenvalue weighted by Crippen LogP contribution is 2.46. The van der Waals surface area contributed by atoms with Gasteiger partial charge in [-0.15, -0.1) is 0 Å². The molecule has 2 atom stereocenters. The van der Waals surface area contributed by atoms with Gasteiger partial charge in [0.1, 0.15) is 18.2 Å². The molecule has 8 nitrogen and oxygen atoms in total. The monoisotopic (exact) mass is 582 g/mol. The molecule has 210 valence electrons. The number of hydrogen-bond donors (Lipinski definition) is 1. The van der Waals surface area contributed by atoms with Crippen molar-refractivity contribution in [1.29, 1.82) is 0 Å². The fourth-order valence-electron chi connectivity index (χ4n) is 5.49. The van der Waals surface area contributed by atoms with Crippen molar-refractivity contribution in [2.24, 2.45) is 0 Å². The van der Waals surface area contributed by atoms with Gasteiger partial charge in [0.15, 0.2) is 5.78 Å². The predicted octanol–water partition coefficient (Wildman–Crippen LogP) is 3.83. The number of nitrogens with zero attached hydrogens (tertiary/aromatic N) is 4.